The predicted octanol–water partition coefficient (Wildman–Crippen LogP) is 4.74. The van der Waals surface area contributed by atoms with E-state index < -0.39 is 36.8 Å². The maximum Gasteiger partial charge on any atom is 0.495 e. The Kier molecular flexibility index (Phi) is 6.42. The van der Waals surface area contributed by atoms with Gasteiger partial charge in [-0.1, -0.05) is 25.5 Å². The van der Waals surface area contributed by atoms with Crippen molar-refractivity contribution in [3.05, 3.63) is 23.8 Å². The van der Waals surface area contributed by atoms with Crippen LogP contribution in [0.5, 0.6) is 0 Å². The third-order valence-electron chi connectivity index (χ3n) is 6.93. The van der Waals surface area contributed by atoms with Gasteiger partial charge in [-0.25, -0.2) is 4.79 Å². The largest absolute Gasteiger partial charge is 0.495 e. The van der Waals surface area contributed by atoms with Crippen LogP contribution in [0.4, 0.5) is 23.7 Å². The summed E-state index contributed by atoms with van der Waals surface area (Å²) in [6.45, 7) is 12.6. The van der Waals surface area contributed by atoms with E-state index >= 15 is 0 Å². The topological polar surface area (TPSA) is 50.8 Å². The van der Waals surface area contributed by atoms with Crippen LogP contribution < -0.4 is 10.8 Å². The molecule has 2 amide bonds. The van der Waals surface area contributed by atoms with Gasteiger partial charge in [-0.15, -0.1) is 0 Å². The van der Waals surface area contributed by atoms with Crippen molar-refractivity contribution < 1.29 is 27.3 Å². The van der Waals surface area contributed by atoms with E-state index in [0.717, 1.165) is 11.0 Å². The molecule has 1 aromatic carbocycles. The Morgan fingerprint density at radius 3 is 2.55 bits per heavy atom. The quantitative estimate of drug-likeness (QED) is 0.689. The van der Waals surface area contributed by atoms with E-state index in [4.69, 9.17) is 9.31 Å². The number of hydrogen-bond donors (Lipinski definition) is 1. The third kappa shape index (κ3) is 5.03. The zero-order valence-corrected chi connectivity index (χ0v) is 19.1. The number of amides is 2. The molecule has 0 spiro atoms. The van der Waals surface area contributed by atoms with Gasteiger partial charge in [-0.2, -0.15) is 13.2 Å². The number of carbonyl (C=O) groups excluding carboxylic acids is 1. The molecule has 1 aromatic rings. The van der Waals surface area contributed by atoms with Crippen LogP contribution in [-0.4, -0.2) is 48.5 Å². The lowest BCUT2D eigenvalue weighted by molar-refractivity contribution is -0.143. The highest BCUT2D eigenvalue weighted by Crippen LogP contribution is 2.42. The number of benzene rings is 1. The van der Waals surface area contributed by atoms with Crippen LogP contribution in [0.15, 0.2) is 18.2 Å². The smallest absolute Gasteiger partial charge is 0.399 e. The number of alkyl halides is 3. The zero-order valence-electron chi connectivity index (χ0n) is 19.1. The predicted molar refractivity (Wildman–Crippen MR) is 115 cm³/mol. The number of carbonyl (C=O) groups is 1. The number of rotatable bonds is 4. The molecular formula is C22H32BF3N2O3. The van der Waals surface area contributed by atoms with Crippen LogP contribution >= 0.6 is 0 Å². The van der Waals surface area contributed by atoms with Crippen LogP contribution in [0.2, 0.25) is 0 Å². The second kappa shape index (κ2) is 8.32. The molecule has 2 aliphatic rings. The first-order chi connectivity index (χ1) is 14.2. The Morgan fingerprint density at radius 2 is 1.97 bits per heavy atom. The molecule has 5 nitrogen and oxygen atoms in total. The van der Waals surface area contributed by atoms with Crippen molar-refractivity contribution in [2.24, 2.45) is 11.8 Å². The minimum atomic E-state index is -4.21. The van der Waals surface area contributed by atoms with E-state index in [9.17, 15) is 18.0 Å². The lowest BCUT2D eigenvalue weighted by atomic mass is 9.75. The average molecular weight is 440 g/mol. The Labute approximate surface area is 182 Å². The molecule has 1 N–H and O–H groups in total. The van der Waals surface area contributed by atoms with E-state index in [1.807, 2.05) is 39.8 Å². The first kappa shape index (κ1) is 23.9. The van der Waals surface area contributed by atoms with Crippen molar-refractivity contribution in [1.82, 2.24) is 4.90 Å². The van der Waals surface area contributed by atoms with E-state index in [2.05, 4.69) is 19.2 Å². The van der Waals surface area contributed by atoms with E-state index in [1.54, 1.807) is 6.07 Å². The normalized spacial score (nSPS) is 26.1. The fourth-order valence-corrected chi connectivity index (χ4v) is 4.42. The van der Waals surface area contributed by atoms with Gasteiger partial charge in [0.2, 0.25) is 0 Å². The summed E-state index contributed by atoms with van der Waals surface area (Å²) in [5.41, 5.74) is 1.38. The van der Waals surface area contributed by atoms with E-state index in [-0.39, 0.29) is 18.5 Å². The van der Waals surface area contributed by atoms with Crippen molar-refractivity contribution in [3.63, 3.8) is 0 Å². The molecule has 9 heteroatoms. The molecule has 0 aromatic heterocycles. The van der Waals surface area contributed by atoms with Gasteiger partial charge in [0.1, 0.15) is 0 Å². The molecule has 1 unspecified atom stereocenters. The van der Waals surface area contributed by atoms with Crippen molar-refractivity contribution >= 4 is 24.3 Å². The third-order valence-corrected chi connectivity index (χ3v) is 6.93. The van der Waals surface area contributed by atoms with Gasteiger partial charge in [0.25, 0.3) is 0 Å². The summed E-state index contributed by atoms with van der Waals surface area (Å²) < 4.78 is 50.5. The number of likely N-dealkylation sites (tertiary alicyclic amines) is 1. The molecule has 0 radical (unpaired) electrons. The second-order valence-corrected chi connectivity index (χ2v) is 9.76. The number of nitrogens with zero attached hydrogens (tertiary/aromatic N) is 1. The highest BCUT2D eigenvalue weighted by atomic mass is 19.4. The summed E-state index contributed by atoms with van der Waals surface area (Å²) in [6.07, 6.45) is -4.70. The Morgan fingerprint density at radius 1 is 1.29 bits per heavy atom. The molecule has 0 bridgehead atoms. The van der Waals surface area contributed by atoms with Gasteiger partial charge in [0, 0.05) is 25.2 Å². The number of nitrogens with one attached hydrogen (secondary N) is 1. The average Bonchev–Trinajstić information content (AvgIpc) is 3.18. The standard InChI is InChI=1S/C22H32BF3N2O3/c1-14(2)21(6)20(4,5)30-23(31-21)18-11-17(8-7-15(18)3)27-19(29)28-10-9-16(13-28)12-22(24,25)26/h7-8,11,14,16H,9-10,12-13H2,1-6H3,(H,27,29)/t16-,21?/m0/s1. The summed E-state index contributed by atoms with van der Waals surface area (Å²) in [5, 5.41) is 2.82. The van der Waals surface area contributed by atoms with Crippen molar-refractivity contribution in [2.75, 3.05) is 18.4 Å². The van der Waals surface area contributed by atoms with Crippen LogP contribution in [0.3, 0.4) is 0 Å². The number of hydrogen-bond acceptors (Lipinski definition) is 3. The van der Waals surface area contributed by atoms with Gasteiger partial charge < -0.3 is 19.5 Å². The van der Waals surface area contributed by atoms with Gasteiger partial charge in [-0.05, 0) is 63.5 Å². The first-order valence-corrected chi connectivity index (χ1v) is 10.8. The highest BCUT2D eigenvalue weighted by Gasteiger charge is 2.56. The van der Waals surface area contributed by atoms with Crippen LogP contribution in [0.1, 0.15) is 53.0 Å². The molecule has 172 valence electrons. The first-order valence-electron chi connectivity index (χ1n) is 10.8. The van der Waals surface area contributed by atoms with Crippen LogP contribution in [-0.2, 0) is 9.31 Å². The molecule has 3 rings (SSSR count). The molecule has 2 fully saturated rings. The Bertz CT molecular complexity index is 831. The maximum atomic E-state index is 12.6. The Hall–Kier alpha value is -1.74. The second-order valence-electron chi connectivity index (χ2n) is 9.76. The van der Waals surface area contributed by atoms with Crippen molar-refractivity contribution in [3.8, 4) is 0 Å². The summed E-state index contributed by atoms with van der Waals surface area (Å²) >= 11 is 0. The van der Waals surface area contributed by atoms with Crippen LogP contribution in [0, 0.1) is 18.8 Å². The monoisotopic (exact) mass is 440 g/mol. The summed E-state index contributed by atoms with van der Waals surface area (Å²) in [4.78, 5) is 14.1. The minimum Gasteiger partial charge on any atom is -0.399 e. The molecular weight excluding hydrogens is 408 g/mol. The molecule has 2 saturated heterocycles. The van der Waals surface area contributed by atoms with Gasteiger partial charge in [0.05, 0.1) is 11.2 Å². The molecule has 31 heavy (non-hydrogen) atoms. The molecule has 2 heterocycles. The Balaban J connectivity index is 1.70. The fraction of sp³-hybridized carbons (Fsp3) is 0.682. The molecule has 2 aliphatic heterocycles. The highest BCUT2D eigenvalue weighted by molar-refractivity contribution is 6.62. The molecule has 0 saturated carbocycles. The summed E-state index contributed by atoms with van der Waals surface area (Å²) in [5.74, 6) is -0.314. The number of halogens is 3. The van der Waals surface area contributed by atoms with Crippen molar-refractivity contribution in [2.45, 2.75) is 71.8 Å². The van der Waals surface area contributed by atoms with Gasteiger partial charge in [0.15, 0.2) is 0 Å². The van der Waals surface area contributed by atoms with Crippen molar-refractivity contribution in [1.29, 1.82) is 0 Å². The summed E-state index contributed by atoms with van der Waals surface area (Å²) in [6, 6.07) is 5.09. The number of anilines is 1. The lowest BCUT2D eigenvalue weighted by Gasteiger charge is -2.39. The van der Waals surface area contributed by atoms with Gasteiger partial charge >= 0.3 is 19.3 Å². The maximum absolute atomic E-state index is 12.6. The minimum absolute atomic E-state index is 0.111. The lowest BCUT2D eigenvalue weighted by Crippen LogP contribution is -2.48. The molecule has 2 atom stereocenters. The zero-order chi connectivity index (χ0) is 23.2. The fourth-order valence-electron chi connectivity index (χ4n) is 4.42. The summed E-state index contributed by atoms with van der Waals surface area (Å²) in [7, 11) is -0.567. The molecule has 0 aliphatic carbocycles. The van der Waals surface area contributed by atoms with E-state index in [1.165, 1.54) is 4.90 Å². The van der Waals surface area contributed by atoms with E-state index in [0.29, 0.717) is 18.7 Å². The van der Waals surface area contributed by atoms with Gasteiger partial charge in [-0.3, -0.25) is 0 Å². The number of aryl methyl sites for hydroxylation is 1. The SMILES string of the molecule is Cc1ccc(NC(=O)N2CC[C@@H](CC(F)(F)F)C2)cc1B1OC(C)(C)C(C)(C(C)C)O1. The number of urea groups is 1. The van der Waals surface area contributed by atoms with Crippen LogP contribution in [0.25, 0.3) is 0 Å².